The Kier molecular flexibility index (Phi) is 4.95. The monoisotopic (exact) mass is 315 g/mol. The Morgan fingerprint density at radius 3 is 2.23 bits per heavy atom. The topological polar surface area (TPSA) is 49.6 Å². The van der Waals surface area contributed by atoms with Gasteiger partial charge in [-0.05, 0) is 24.6 Å². The number of nitrogens with zero attached hydrogens (tertiary/aromatic N) is 2. The first-order chi connectivity index (χ1) is 10.3. The molecule has 1 aliphatic heterocycles. The van der Waals surface area contributed by atoms with Gasteiger partial charge in [-0.1, -0.05) is 12.1 Å². The number of rotatable bonds is 3. The van der Waals surface area contributed by atoms with Crippen molar-refractivity contribution in [3.8, 4) is 0 Å². The lowest BCUT2D eigenvalue weighted by atomic mass is 10.1. The summed E-state index contributed by atoms with van der Waals surface area (Å²) in [5.41, 5.74) is 7.07. The van der Waals surface area contributed by atoms with Crippen LogP contribution in [0.15, 0.2) is 24.3 Å². The zero-order chi connectivity index (χ0) is 16.3. The van der Waals surface area contributed by atoms with E-state index in [0.29, 0.717) is 18.8 Å². The molecule has 1 aliphatic rings. The lowest BCUT2D eigenvalue weighted by Crippen LogP contribution is -2.55. The molecule has 4 nitrogen and oxygen atoms in total. The van der Waals surface area contributed by atoms with Crippen LogP contribution in [-0.4, -0.2) is 54.1 Å². The minimum atomic E-state index is -4.23. The summed E-state index contributed by atoms with van der Waals surface area (Å²) in [6.45, 7) is 2.30. The van der Waals surface area contributed by atoms with Gasteiger partial charge in [-0.15, -0.1) is 0 Å². The highest BCUT2D eigenvalue weighted by Crippen LogP contribution is 2.25. The fourth-order valence-corrected chi connectivity index (χ4v) is 2.49. The molecule has 7 heteroatoms. The maximum atomic E-state index is 12.7. The van der Waals surface area contributed by atoms with Crippen LogP contribution in [0.2, 0.25) is 0 Å². The Morgan fingerprint density at radius 1 is 1.18 bits per heavy atom. The number of carbonyl (C=O) groups is 1. The van der Waals surface area contributed by atoms with Gasteiger partial charge in [0, 0.05) is 31.9 Å². The number of hydrogen-bond donors (Lipinski definition) is 1. The van der Waals surface area contributed by atoms with E-state index in [-0.39, 0.29) is 25.4 Å². The standard InChI is InChI=1S/C15H20F3N3O/c1-11(15(16,17)18)20-6-8-21(9-7-20)14(22)10-12-2-4-13(19)5-3-12/h2-5,11H,6-10,19H2,1H3. The highest BCUT2D eigenvalue weighted by atomic mass is 19.4. The van der Waals surface area contributed by atoms with E-state index in [1.54, 1.807) is 29.2 Å². The number of hydrogen-bond acceptors (Lipinski definition) is 3. The Balaban J connectivity index is 1.86. The van der Waals surface area contributed by atoms with Crippen LogP contribution >= 0.6 is 0 Å². The van der Waals surface area contributed by atoms with Crippen molar-refractivity contribution in [1.82, 2.24) is 9.80 Å². The second-order valence-electron chi connectivity index (χ2n) is 5.55. The summed E-state index contributed by atoms with van der Waals surface area (Å²) in [6, 6.07) is 5.56. The molecular weight excluding hydrogens is 295 g/mol. The summed E-state index contributed by atoms with van der Waals surface area (Å²) < 4.78 is 38.0. The molecule has 122 valence electrons. The number of amides is 1. The maximum absolute atomic E-state index is 12.7. The van der Waals surface area contributed by atoms with Crippen molar-refractivity contribution in [2.24, 2.45) is 0 Å². The Labute approximate surface area is 127 Å². The summed E-state index contributed by atoms with van der Waals surface area (Å²) in [5.74, 6) is -0.0657. The van der Waals surface area contributed by atoms with Crippen LogP contribution in [0.3, 0.4) is 0 Å². The molecule has 2 N–H and O–H groups in total. The average molecular weight is 315 g/mol. The van der Waals surface area contributed by atoms with Crippen molar-refractivity contribution in [3.05, 3.63) is 29.8 Å². The van der Waals surface area contributed by atoms with Gasteiger partial charge < -0.3 is 10.6 Å². The predicted molar refractivity (Wildman–Crippen MR) is 78.2 cm³/mol. The van der Waals surface area contributed by atoms with E-state index in [0.717, 1.165) is 12.5 Å². The van der Waals surface area contributed by atoms with Crippen molar-refractivity contribution in [1.29, 1.82) is 0 Å². The lowest BCUT2D eigenvalue weighted by molar-refractivity contribution is -0.182. The first-order valence-electron chi connectivity index (χ1n) is 7.20. The normalized spacial score (nSPS) is 18.3. The van der Waals surface area contributed by atoms with Crippen LogP contribution in [0, 0.1) is 0 Å². The molecule has 1 fully saturated rings. The molecule has 1 saturated heterocycles. The number of carbonyl (C=O) groups excluding carboxylic acids is 1. The van der Waals surface area contributed by atoms with E-state index in [4.69, 9.17) is 5.73 Å². The number of anilines is 1. The molecule has 22 heavy (non-hydrogen) atoms. The number of nitrogens with two attached hydrogens (primary N) is 1. The van der Waals surface area contributed by atoms with Gasteiger partial charge in [-0.25, -0.2) is 0 Å². The molecule has 1 atom stereocenters. The minimum Gasteiger partial charge on any atom is -0.399 e. The van der Waals surface area contributed by atoms with Crippen molar-refractivity contribution in [2.45, 2.75) is 25.6 Å². The van der Waals surface area contributed by atoms with Crippen LogP contribution in [0.1, 0.15) is 12.5 Å². The van der Waals surface area contributed by atoms with Crippen molar-refractivity contribution < 1.29 is 18.0 Å². The SMILES string of the molecule is CC(N1CCN(C(=O)Cc2ccc(N)cc2)CC1)C(F)(F)F. The summed E-state index contributed by atoms with van der Waals surface area (Å²) in [4.78, 5) is 15.2. The Bertz CT molecular complexity index is 508. The van der Waals surface area contributed by atoms with Gasteiger partial charge in [0.1, 0.15) is 6.04 Å². The molecule has 1 aromatic carbocycles. The van der Waals surface area contributed by atoms with Crippen LogP contribution in [0.4, 0.5) is 18.9 Å². The summed E-state index contributed by atoms with van der Waals surface area (Å²) in [6.07, 6.45) is -3.98. The van der Waals surface area contributed by atoms with E-state index in [1.807, 2.05) is 0 Å². The number of piperazine rings is 1. The van der Waals surface area contributed by atoms with Gasteiger partial charge in [-0.2, -0.15) is 13.2 Å². The molecule has 0 bridgehead atoms. The van der Waals surface area contributed by atoms with Gasteiger partial charge in [0.05, 0.1) is 6.42 Å². The second kappa shape index (κ2) is 6.56. The van der Waals surface area contributed by atoms with Crippen LogP contribution in [-0.2, 0) is 11.2 Å². The second-order valence-corrected chi connectivity index (χ2v) is 5.55. The molecule has 1 aromatic rings. The van der Waals surface area contributed by atoms with Gasteiger partial charge in [-0.3, -0.25) is 9.69 Å². The highest BCUT2D eigenvalue weighted by Gasteiger charge is 2.41. The fourth-order valence-electron chi connectivity index (χ4n) is 2.49. The predicted octanol–water partition coefficient (Wildman–Crippen LogP) is 1.91. The van der Waals surface area contributed by atoms with Gasteiger partial charge in [0.2, 0.25) is 5.91 Å². The summed E-state index contributed by atoms with van der Waals surface area (Å²) in [5, 5.41) is 0. The zero-order valence-electron chi connectivity index (χ0n) is 12.4. The summed E-state index contributed by atoms with van der Waals surface area (Å²) in [7, 11) is 0. The van der Waals surface area contributed by atoms with Crippen molar-refractivity contribution >= 4 is 11.6 Å². The molecule has 0 spiro atoms. The van der Waals surface area contributed by atoms with Crippen molar-refractivity contribution in [3.63, 3.8) is 0 Å². The third-order valence-corrected chi connectivity index (χ3v) is 4.02. The highest BCUT2D eigenvalue weighted by molar-refractivity contribution is 5.79. The van der Waals surface area contributed by atoms with E-state index in [1.165, 1.54) is 4.90 Å². The van der Waals surface area contributed by atoms with Gasteiger partial charge >= 0.3 is 6.18 Å². The van der Waals surface area contributed by atoms with E-state index >= 15 is 0 Å². The van der Waals surface area contributed by atoms with Gasteiger partial charge in [0.15, 0.2) is 0 Å². The molecular formula is C15H20F3N3O. The molecule has 1 amide bonds. The average Bonchev–Trinajstić information content (AvgIpc) is 2.48. The molecule has 2 rings (SSSR count). The number of benzene rings is 1. The number of halogens is 3. The first-order valence-corrected chi connectivity index (χ1v) is 7.20. The Hall–Kier alpha value is -1.76. The van der Waals surface area contributed by atoms with E-state index in [2.05, 4.69) is 0 Å². The molecule has 0 aromatic heterocycles. The summed E-state index contributed by atoms with van der Waals surface area (Å²) >= 11 is 0. The van der Waals surface area contributed by atoms with Gasteiger partial charge in [0.25, 0.3) is 0 Å². The molecule has 1 unspecified atom stereocenters. The maximum Gasteiger partial charge on any atom is 0.403 e. The van der Waals surface area contributed by atoms with Crippen LogP contribution < -0.4 is 5.73 Å². The van der Waals surface area contributed by atoms with Crippen LogP contribution in [0.25, 0.3) is 0 Å². The largest absolute Gasteiger partial charge is 0.403 e. The van der Waals surface area contributed by atoms with E-state index < -0.39 is 12.2 Å². The number of alkyl halides is 3. The molecule has 1 heterocycles. The van der Waals surface area contributed by atoms with E-state index in [9.17, 15) is 18.0 Å². The zero-order valence-corrected chi connectivity index (χ0v) is 12.4. The minimum absolute atomic E-state index is 0.0657. The van der Waals surface area contributed by atoms with Crippen LogP contribution in [0.5, 0.6) is 0 Å². The lowest BCUT2D eigenvalue weighted by Gasteiger charge is -2.38. The molecule has 0 radical (unpaired) electrons. The van der Waals surface area contributed by atoms with Crippen molar-refractivity contribution in [2.75, 3.05) is 31.9 Å². The molecule has 0 saturated carbocycles. The fraction of sp³-hybridized carbons (Fsp3) is 0.533. The quantitative estimate of drug-likeness (QED) is 0.867. The Morgan fingerprint density at radius 2 is 1.73 bits per heavy atom. The third-order valence-electron chi connectivity index (χ3n) is 4.02. The third kappa shape index (κ3) is 4.13. The smallest absolute Gasteiger partial charge is 0.399 e. The number of nitrogen functional groups attached to an aromatic ring is 1. The molecule has 0 aliphatic carbocycles. The first kappa shape index (κ1) is 16.6.